The van der Waals surface area contributed by atoms with Crippen molar-refractivity contribution in [2.75, 3.05) is 7.11 Å². The van der Waals surface area contributed by atoms with Gasteiger partial charge in [0.15, 0.2) is 5.78 Å². The topological polar surface area (TPSA) is 125 Å². The van der Waals surface area contributed by atoms with Gasteiger partial charge in [0.2, 0.25) is 0 Å². The van der Waals surface area contributed by atoms with Crippen molar-refractivity contribution >= 4 is 23.7 Å². The number of carbonyl (C=O) groups is 4. The minimum atomic E-state index is -1.80. The fourth-order valence-electron chi connectivity index (χ4n) is 7.21. The Morgan fingerprint density at radius 3 is 2.00 bits per heavy atom. The van der Waals surface area contributed by atoms with Crippen LogP contribution < -0.4 is 0 Å². The molecule has 38 heavy (non-hydrogen) atoms. The maximum absolute atomic E-state index is 14.1. The Labute approximate surface area is 225 Å². The van der Waals surface area contributed by atoms with E-state index in [1.165, 1.54) is 13.8 Å². The zero-order valence-electron chi connectivity index (χ0n) is 24.1. The van der Waals surface area contributed by atoms with Crippen LogP contribution in [-0.4, -0.2) is 65.9 Å². The highest BCUT2D eigenvalue weighted by Crippen LogP contribution is 2.65. The molecule has 3 aliphatic carbocycles. The predicted molar refractivity (Wildman–Crippen MR) is 138 cm³/mol. The number of esters is 3. The largest absolute Gasteiger partial charge is 0.462 e. The Balaban J connectivity index is 2.14. The van der Waals surface area contributed by atoms with E-state index in [0.717, 1.165) is 0 Å². The van der Waals surface area contributed by atoms with Crippen LogP contribution in [0.1, 0.15) is 74.7 Å². The molecular weight excluding hydrogens is 492 g/mol. The van der Waals surface area contributed by atoms with Crippen LogP contribution in [0.25, 0.3) is 0 Å². The summed E-state index contributed by atoms with van der Waals surface area (Å²) in [4.78, 5) is 51.1. The molecule has 0 aromatic carbocycles. The quantitative estimate of drug-likeness (QED) is 0.320. The molecule has 3 saturated carbocycles. The van der Waals surface area contributed by atoms with E-state index in [2.05, 4.69) is 0 Å². The molecule has 0 aromatic heterocycles. The molecule has 1 N–H and O–H groups in total. The molecule has 0 radical (unpaired) electrons. The van der Waals surface area contributed by atoms with Crippen molar-refractivity contribution in [1.82, 2.24) is 0 Å². The number of hydrogen-bond acceptors (Lipinski definition) is 9. The number of fused-ring (bicyclic) bond motifs is 2. The lowest BCUT2D eigenvalue weighted by molar-refractivity contribution is -0.165. The molecule has 3 aliphatic rings. The Hall–Kier alpha value is -2.26. The summed E-state index contributed by atoms with van der Waals surface area (Å²) in [5.41, 5.74) is -1.74. The lowest BCUT2D eigenvalue weighted by Crippen LogP contribution is -2.51. The maximum atomic E-state index is 14.1. The molecule has 0 spiro atoms. The maximum Gasteiger partial charge on any atom is 0.333 e. The van der Waals surface area contributed by atoms with E-state index < -0.39 is 65.5 Å². The molecule has 214 valence electrons. The Morgan fingerprint density at radius 1 is 0.921 bits per heavy atom. The van der Waals surface area contributed by atoms with Crippen molar-refractivity contribution in [1.29, 1.82) is 0 Å². The molecule has 3 fully saturated rings. The van der Waals surface area contributed by atoms with Crippen LogP contribution in [0.3, 0.4) is 0 Å². The highest BCUT2D eigenvalue weighted by molar-refractivity contribution is 5.91. The molecule has 0 saturated heterocycles. The van der Waals surface area contributed by atoms with Crippen LogP contribution in [0, 0.1) is 35.0 Å². The molecule has 9 nitrogen and oxygen atoms in total. The molecule has 0 aliphatic heterocycles. The Morgan fingerprint density at radius 2 is 1.47 bits per heavy atom. The van der Waals surface area contributed by atoms with Gasteiger partial charge in [-0.3, -0.25) is 14.4 Å². The van der Waals surface area contributed by atoms with E-state index >= 15 is 0 Å². The van der Waals surface area contributed by atoms with E-state index in [-0.39, 0.29) is 42.4 Å². The van der Waals surface area contributed by atoms with E-state index in [4.69, 9.17) is 18.9 Å². The van der Waals surface area contributed by atoms with E-state index in [9.17, 15) is 24.3 Å². The molecule has 0 aromatic rings. The SMILES string of the molecule is C/C=C(\C)C(=O)O[C@H]1CCC2C(OC(C)=O)[C@@H](C)CC2(O)C(=O)[C@H](C)[C@H](OC(C)=O)[C@@H]2[C@H]([C@H]1OC)C2(C)C. The first-order valence-corrected chi connectivity index (χ1v) is 13.6. The van der Waals surface area contributed by atoms with Gasteiger partial charge in [-0.25, -0.2) is 4.79 Å². The van der Waals surface area contributed by atoms with Crippen LogP contribution in [0.4, 0.5) is 0 Å². The minimum Gasteiger partial charge on any atom is -0.462 e. The van der Waals surface area contributed by atoms with Gasteiger partial charge in [0.25, 0.3) is 0 Å². The third kappa shape index (κ3) is 5.41. The van der Waals surface area contributed by atoms with E-state index in [1.54, 1.807) is 34.0 Å². The van der Waals surface area contributed by atoms with E-state index in [0.29, 0.717) is 5.57 Å². The monoisotopic (exact) mass is 536 g/mol. The van der Waals surface area contributed by atoms with Gasteiger partial charge in [-0.2, -0.15) is 0 Å². The lowest BCUT2D eigenvalue weighted by atomic mass is 9.76. The number of methoxy groups -OCH3 is 1. The standard InChI is InChI=1S/C29H44O9/c1-10-14(2)27(33)38-20-12-11-19-23(36-17(5)30)15(3)13-29(19,34)26(32)16(4)24(37-18(6)31)21-22(25(20)35-9)28(21,7)8/h10,15-16,19-25,34H,11-13H2,1-9H3/b14-10+/t15-,16+,19?,20-,21-,22+,23?,24-,25-,29?/m0/s1. The van der Waals surface area contributed by atoms with E-state index in [1.807, 2.05) is 20.8 Å². The molecule has 3 unspecified atom stereocenters. The van der Waals surface area contributed by atoms with Gasteiger partial charge in [-0.05, 0) is 44.4 Å². The number of ketones is 1. The van der Waals surface area contributed by atoms with Crippen LogP contribution >= 0.6 is 0 Å². The van der Waals surface area contributed by atoms with Gasteiger partial charge in [0.1, 0.15) is 23.9 Å². The van der Waals surface area contributed by atoms with Gasteiger partial charge in [-0.1, -0.05) is 33.8 Å². The van der Waals surface area contributed by atoms with Crippen molar-refractivity contribution < 1.29 is 43.2 Å². The highest BCUT2D eigenvalue weighted by atomic mass is 16.6. The summed E-state index contributed by atoms with van der Waals surface area (Å²) in [6, 6.07) is 0. The molecule has 9 heteroatoms. The fourth-order valence-corrected chi connectivity index (χ4v) is 7.21. The average molecular weight is 537 g/mol. The Bertz CT molecular complexity index is 985. The molecule has 0 heterocycles. The van der Waals surface area contributed by atoms with Crippen molar-refractivity contribution in [2.45, 2.75) is 105 Å². The summed E-state index contributed by atoms with van der Waals surface area (Å²) < 4.78 is 23.4. The summed E-state index contributed by atoms with van der Waals surface area (Å²) in [6.45, 7) is 13.6. The summed E-state index contributed by atoms with van der Waals surface area (Å²) in [6.07, 6.45) is -0.405. The number of aliphatic hydroxyl groups is 1. The third-order valence-corrected chi connectivity index (χ3v) is 9.26. The normalized spacial score (nSPS) is 40.7. The summed E-state index contributed by atoms with van der Waals surface area (Å²) in [5, 5.41) is 12.0. The second-order valence-corrected chi connectivity index (χ2v) is 12.1. The number of hydrogen-bond donors (Lipinski definition) is 1. The van der Waals surface area contributed by atoms with Crippen LogP contribution in [0.15, 0.2) is 11.6 Å². The van der Waals surface area contributed by atoms with Crippen molar-refractivity contribution in [2.24, 2.45) is 35.0 Å². The molecule has 3 rings (SSSR count). The summed E-state index contributed by atoms with van der Waals surface area (Å²) in [5.74, 6) is -4.17. The van der Waals surface area contributed by atoms with Gasteiger partial charge in [0, 0.05) is 44.3 Å². The molecule has 0 bridgehead atoms. The fraction of sp³-hybridized carbons (Fsp3) is 0.793. The van der Waals surface area contributed by atoms with Gasteiger partial charge in [0.05, 0.1) is 12.0 Å². The summed E-state index contributed by atoms with van der Waals surface area (Å²) in [7, 11) is 1.56. The molecule has 0 amide bonds. The smallest absolute Gasteiger partial charge is 0.333 e. The zero-order valence-corrected chi connectivity index (χ0v) is 24.1. The van der Waals surface area contributed by atoms with Crippen LogP contribution in [0.5, 0.6) is 0 Å². The Kier molecular flexibility index (Phi) is 8.83. The number of Topliss-reactive ketones (excluding diaryl/α,β-unsaturated/α-hetero) is 1. The number of allylic oxidation sites excluding steroid dienone is 1. The third-order valence-electron chi connectivity index (χ3n) is 9.26. The first kappa shape index (κ1) is 30.3. The molecular formula is C29H44O9. The minimum absolute atomic E-state index is 0.110. The lowest BCUT2D eigenvalue weighted by Gasteiger charge is -2.35. The number of ether oxygens (including phenoxy) is 4. The summed E-state index contributed by atoms with van der Waals surface area (Å²) >= 11 is 0. The van der Waals surface area contributed by atoms with Crippen LogP contribution in [0.2, 0.25) is 0 Å². The average Bonchev–Trinajstić information content (AvgIpc) is 3.30. The number of rotatable bonds is 5. The molecule has 10 atom stereocenters. The number of carbonyl (C=O) groups excluding carboxylic acids is 4. The van der Waals surface area contributed by atoms with Crippen molar-refractivity contribution in [3.8, 4) is 0 Å². The predicted octanol–water partition coefficient (Wildman–Crippen LogP) is 3.40. The van der Waals surface area contributed by atoms with Crippen LogP contribution in [-0.2, 0) is 38.1 Å². The zero-order chi connectivity index (χ0) is 28.7. The van der Waals surface area contributed by atoms with Crippen molar-refractivity contribution in [3.05, 3.63) is 11.6 Å². The second kappa shape index (κ2) is 11.1. The van der Waals surface area contributed by atoms with Gasteiger partial charge in [-0.15, -0.1) is 0 Å². The van der Waals surface area contributed by atoms with Gasteiger partial charge >= 0.3 is 17.9 Å². The highest BCUT2D eigenvalue weighted by Gasteiger charge is 2.69. The van der Waals surface area contributed by atoms with Gasteiger partial charge < -0.3 is 24.1 Å². The second-order valence-electron chi connectivity index (χ2n) is 12.1. The first-order chi connectivity index (χ1) is 17.6. The van der Waals surface area contributed by atoms with Crippen molar-refractivity contribution in [3.63, 3.8) is 0 Å². The first-order valence-electron chi connectivity index (χ1n) is 13.6.